The van der Waals surface area contributed by atoms with E-state index >= 15 is 0 Å². The van der Waals surface area contributed by atoms with Crippen LogP contribution in [0.1, 0.15) is 23.3 Å². The summed E-state index contributed by atoms with van der Waals surface area (Å²) in [7, 11) is 0. The molecule has 2 aliphatic rings. The zero-order valence-corrected chi connectivity index (χ0v) is 13.5. The van der Waals surface area contributed by atoms with Gasteiger partial charge in [0.1, 0.15) is 11.5 Å². The van der Waals surface area contributed by atoms with Crippen LogP contribution in [0.15, 0.2) is 36.5 Å². The van der Waals surface area contributed by atoms with Crippen LogP contribution in [0, 0.1) is 17.7 Å². The number of hydrogen-bond donors (Lipinski definition) is 1. The number of aromatic nitrogens is 2. The van der Waals surface area contributed by atoms with Gasteiger partial charge in [0.05, 0.1) is 0 Å². The normalized spacial score (nSPS) is 23.8. The largest absolute Gasteiger partial charge is 0.337 e. The number of carbonyl (C=O) groups excluding carboxylic acids is 1. The number of hydrogen-bond acceptors (Lipinski definition) is 3. The van der Waals surface area contributed by atoms with Crippen molar-refractivity contribution in [2.45, 2.75) is 12.8 Å². The molecule has 2 saturated heterocycles. The minimum absolute atomic E-state index is 0.0574. The standard InChI is InChI=1S/C18H21FN4O/c19-15-3-1-2-4-17(15)23-10-7-16(21-23)18(24)22-8-5-13-11-20-12-14(13)6-9-22/h1-4,7,10,13-14,20H,5-6,8-9,11-12H2/t13-,14+. The number of benzene rings is 1. The highest BCUT2D eigenvalue weighted by Gasteiger charge is 2.32. The van der Waals surface area contributed by atoms with E-state index in [0.717, 1.165) is 39.0 Å². The summed E-state index contributed by atoms with van der Waals surface area (Å²) in [5.41, 5.74) is 0.733. The van der Waals surface area contributed by atoms with Crippen LogP contribution in [-0.4, -0.2) is 46.8 Å². The molecular weight excluding hydrogens is 307 g/mol. The van der Waals surface area contributed by atoms with Crippen molar-refractivity contribution in [3.05, 3.63) is 48.0 Å². The molecule has 0 saturated carbocycles. The second kappa shape index (κ2) is 6.36. The molecule has 2 aromatic rings. The third kappa shape index (κ3) is 2.82. The van der Waals surface area contributed by atoms with Crippen molar-refractivity contribution in [3.8, 4) is 5.69 Å². The van der Waals surface area contributed by atoms with Gasteiger partial charge in [-0.05, 0) is 56.0 Å². The molecule has 0 unspecified atom stereocenters. The number of fused-ring (bicyclic) bond motifs is 1. The van der Waals surface area contributed by atoms with Gasteiger partial charge in [-0.3, -0.25) is 4.79 Å². The summed E-state index contributed by atoms with van der Waals surface area (Å²) in [6, 6.07) is 8.10. The van der Waals surface area contributed by atoms with Crippen LogP contribution in [0.5, 0.6) is 0 Å². The van der Waals surface area contributed by atoms with E-state index in [0.29, 0.717) is 23.2 Å². The first-order valence-corrected chi connectivity index (χ1v) is 8.53. The van der Waals surface area contributed by atoms with Crippen LogP contribution in [0.3, 0.4) is 0 Å². The Morgan fingerprint density at radius 2 is 1.83 bits per heavy atom. The summed E-state index contributed by atoms with van der Waals surface area (Å²) in [6.45, 7) is 3.67. The smallest absolute Gasteiger partial charge is 0.274 e. The van der Waals surface area contributed by atoms with Crippen LogP contribution in [0.4, 0.5) is 4.39 Å². The molecule has 4 rings (SSSR count). The molecular formula is C18H21FN4O. The summed E-state index contributed by atoms with van der Waals surface area (Å²) in [4.78, 5) is 14.6. The van der Waals surface area contributed by atoms with Gasteiger partial charge in [-0.1, -0.05) is 12.1 Å². The maximum absolute atomic E-state index is 13.9. The Hall–Kier alpha value is -2.21. The van der Waals surface area contributed by atoms with Gasteiger partial charge in [0.2, 0.25) is 0 Å². The van der Waals surface area contributed by atoms with Gasteiger partial charge in [-0.25, -0.2) is 9.07 Å². The third-order valence-corrected chi connectivity index (χ3v) is 5.21. The molecule has 1 aromatic heterocycles. The summed E-state index contributed by atoms with van der Waals surface area (Å²) in [5, 5.41) is 7.73. The molecule has 0 radical (unpaired) electrons. The van der Waals surface area contributed by atoms with Crippen LogP contribution >= 0.6 is 0 Å². The number of amides is 1. The van der Waals surface area contributed by atoms with E-state index in [4.69, 9.17) is 0 Å². The molecule has 24 heavy (non-hydrogen) atoms. The summed E-state index contributed by atoms with van der Waals surface area (Å²) in [5.74, 6) is 0.949. The molecule has 0 spiro atoms. The number of para-hydroxylation sites is 1. The van der Waals surface area contributed by atoms with Gasteiger partial charge in [0.15, 0.2) is 5.69 Å². The Balaban J connectivity index is 1.50. The van der Waals surface area contributed by atoms with Crippen molar-refractivity contribution < 1.29 is 9.18 Å². The highest BCUT2D eigenvalue weighted by Crippen LogP contribution is 2.27. The highest BCUT2D eigenvalue weighted by molar-refractivity contribution is 5.92. The van der Waals surface area contributed by atoms with E-state index < -0.39 is 0 Å². The predicted molar refractivity (Wildman–Crippen MR) is 88.5 cm³/mol. The quantitative estimate of drug-likeness (QED) is 0.918. The van der Waals surface area contributed by atoms with Gasteiger partial charge < -0.3 is 10.2 Å². The Labute approximate surface area is 140 Å². The maximum atomic E-state index is 13.9. The molecule has 2 atom stereocenters. The van der Waals surface area contributed by atoms with Crippen molar-refractivity contribution in [1.82, 2.24) is 20.0 Å². The molecule has 0 bridgehead atoms. The van der Waals surface area contributed by atoms with E-state index in [1.807, 2.05) is 4.90 Å². The second-order valence-electron chi connectivity index (χ2n) is 6.64. The van der Waals surface area contributed by atoms with E-state index in [9.17, 15) is 9.18 Å². The SMILES string of the molecule is O=C(c1ccn(-c2ccccc2F)n1)N1CC[C@@H]2CNC[C@@H]2CC1. The molecule has 1 amide bonds. The lowest BCUT2D eigenvalue weighted by molar-refractivity contribution is 0.0752. The molecule has 126 valence electrons. The first-order chi connectivity index (χ1) is 11.7. The Kier molecular flexibility index (Phi) is 4.06. The molecule has 6 heteroatoms. The molecule has 3 heterocycles. The Morgan fingerprint density at radius 1 is 1.12 bits per heavy atom. The zero-order chi connectivity index (χ0) is 16.5. The third-order valence-electron chi connectivity index (χ3n) is 5.21. The molecule has 2 aliphatic heterocycles. The summed E-state index contributed by atoms with van der Waals surface area (Å²) >= 11 is 0. The first-order valence-electron chi connectivity index (χ1n) is 8.53. The number of nitrogens with zero attached hydrogens (tertiary/aromatic N) is 3. The second-order valence-corrected chi connectivity index (χ2v) is 6.64. The van der Waals surface area contributed by atoms with Crippen LogP contribution in [0.2, 0.25) is 0 Å². The predicted octanol–water partition coefficient (Wildman–Crippen LogP) is 2.08. The minimum Gasteiger partial charge on any atom is -0.337 e. The fourth-order valence-corrected chi connectivity index (χ4v) is 3.79. The molecule has 0 aliphatic carbocycles. The lowest BCUT2D eigenvalue weighted by Crippen LogP contribution is -2.33. The Bertz CT molecular complexity index is 730. The fourth-order valence-electron chi connectivity index (χ4n) is 3.79. The average molecular weight is 328 g/mol. The van der Waals surface area contributed by atoms with Gasteiger partial charge in [0.25, 0.3) is 5.91 Å². The topological polar surface area (TPSA) is 50.2 Å². The van der Waals surface area contributed by atoms with E-state index in [2.05, 4.69) is 10.4 Å². The molecule has 2 fully saturated rings. The van der Waals surface area contributed by atoms with Gasteiger partial charge in [-0.15, -0.1) is 0 Å². The van der Waals surface area contributed by atoms with Crippen molar-refractivity contribution in [1.29, 1.82) is 0 Å². The monoisotopic (exact) mass is 328 g/mol. The molecule has 5 nitrogen and oxygen atoms in total. The number of nitrogens with one attached hydrogen (secondary N) is 1. The minimum atomic E-state index is -0.352. The van der Waals surface area contributed by atoms with Crippen LogP contribution in [-0.2, 0) is 0 Å². The fraction of sp³-hybridized carbons (Fsp3) is 0.444. The lowest BCUT2D eigenvalue weighted by atomic mass is 9.92. The number of rotatable bonds is 2. The van der Waals surface area contributed by atoms with Crippen molar-refractivity contribution in [2.24, 2.45) is 11.8 Å². The zero-order valence-electron chi connectivity index (χ0n) is 13.5. The molecule has 1 aromatic carbocycles. The number of halogens is 1. The lowest BCUT2D eigenvalue weighted by Gasteiger charge is -2.19. The van der Waals surface area contributed by atoms with E-state index in [1.54, 1.807) is 30.5 Å². The maximum Gasteiger partial charge on any atom is 0.274 e. The van der Waals surface area contributed by atoms with Crippen LogP contribution in [0.25, 0.3) is 5.69 Å². The van der Waals surface area contributed by atoms with Gasteiger partial charge >= 0.3 is 0 Å². The van der Waals surface area contributed by atoms with Gasteiger partial charge in [-0.2, -0.15) is 5.10 Å². The van der Waals surface area contributed by atoms with Crippen molar-refractivity contribution >= 4 is 5.91 Å². The van der Waals surface area contributed by atoms with E-state index in [-0.39, 0.29) is 11.7 Å². The van der Waals surface area contributed by atoms with Gasteiger partial charge in [0, 0.05) is 19.3 Å². The highest BCUT2D eigenvalue weighted by atomic mass is 19.1. The average Bonchev–Trinajstić information content (AvgIpc) is 3.21. The van der Waals surface area contributed by atoms with Crippen LogP contribution < -0.4 is 5.32 Å². The van der Waals surface area contributed by atoms with Crippen molar-refractivity contribution in [3.63, 3.8) is 0 Å². The number of carbonyl (C=O) groups is 1. The Morgan fingerprint density at radius 3 is 2.54 bits per heavy atom. The van der Waals surface area contributed by atoms with E-state index in [1.165, 1.54) is 10.7 Å². The summed E-state index contributed by atoms with van der Waals surface area (Å²) < 4.78 is 15.3. The number of likely N-dealkylation sites (tertiary alicyclic amines) is 1. The first kappa shape index (κ1) is 15.3. The molecule has 1 N–H and O–H groups in total. The van der Waals surface area contributed by atoms with Crippen molar-refractivity contribution in [2.75, 3.05) is 26.2 Å². The summed E-state index contributed by atoms with van der Waals surface area (Å²) in [6.07, 6.45) is 3.72.